The van der Waals surface area contributed by atoms with Gasteiger partial charge in [0.1, 0.15) is 11.2 Å². The van der Waals surface area contributed by atoms with Crippen LogP contribution >= 0.6 is 0 Å². The molecule has 0 atom stereocenters. The number of rotatable bonds is 2. The number of hydrogen-bond acceptors (Lipinski definition) is 2. The van der Waals surface area contributed by atoms with Crippen molar-refractivity contribution in [3.05, 3.63) is 23.3 Å². The van der Waals surface area contributed by atoms with Crippen LogP contribution in [0.5, 0.6) is 0 Å². The number of benzene rings is 1. The number of furan rings is 2. The third kappa shape index (κ3) is 0.906. The number of aryl methyl sites for hydroxylation is 1. The van der Waals surface area contributed by atoms with Crippen LogP contribution < -0.4 is 0 Å². The Morgan fingerprint density at radius 1 is 1.45 bits per heavy atom. The van der Waals surface area contributed by atoms with Crippen LogP contribution in [0.3, 0.4) is 0 Å². The molecule has 0 fully saturated rings. The highest BCUT2D eigenvalue weighted by Gasteiger charge is 2.09. The second kappa shape index (κ2) is 2.24. The van der Waals surface area contributed by atoms with Crippen molar-refractivity contribution in [1.82, 2.24) is 0 Å². The van der Waals surface area contributed by atoms with Gasteiger partial charge < -0.3 is 9.52 Å². The Morgan fingerprint density at radius 3 is 2.82 bits per heavy atom. The molecule has 0 aliphatic heterocycles. The number of fused-ring (bicyclic) bond motifs is 2. The molecule has 2 aromatic heterocycles. The van der Waals surface area contributed by atoms with Gasteiger partial charge in [0, 0.05) is 12.2 Å². The fourth-order valence-electron chi connectivity index (χ4n) is 1.44. The zero-order valence-electron chi connectivity index (χ0n) is 6.42. The summed E-state index contributed by atoms with van der Waals surface area (Å²) in [6.07, 6.45) is 0.698. The maximum atomic E-state index is 8.70. The van der Waals surface area contributed by atoms with Crippen LogP contribution in [0.25, 0.3) is 11.2 Å². The summed E-state index contributed by atoms with van der Waals surface area (Å²) in [4.78, 5) is 0. The van der Waals surface area contributed by atoms with Gasteiger partial charge >= 0.3 is 0 Å². The predicted molar refractivity (Wildman–Crippen MR) is 42.9 cm³/mol. The molecule has 2 rings (SSSR count). The van der Waals surface area contributed by atoms with Crippen LogP contribution in [0.2, 0.25) is 0 Å². The van der Waals surface area contributed by atoms with Crippen molar-refractivity contribution < 1.29 is 9.52 Å². The van der Waals surface area contributed by atoms with E-state index < -0.39 is 0 Å². The molecule has 2 aromatic rings. The van der Waals surface area contributed by atoms with Crippen LogP contribution in [0.4, 0.5) is 0 Å². The van der Waals surface area contributed by atoms with Crippen molar-refractivity contribution in [3.63, 3.8) is 0 Å². The largest absolute Gasteiger partial charge is 0.457 e. The topological polar surface area (TPSA) is 33.4 Å². The third-order valence-corrected chi connectivity index (χ3v) is 1.93. The highest BCUT2D eigenvalue weighted by atomic mass is 16.3. The minimum Gasteiger partial charge on any atom is -0.457 e. The zero-order chi connectivity index (χ0) is 7.84. The Labute approximate surface area is 64.8 Å². The molecule has 2 nitrogen and oxygen atoms in total. The van der Waals surface area contributed by atoms with Gasteiger partial charge in [0.25, 0.3) is 0 Å². The van der Waals surface area contributed by atoms with Gasteiger partial charge in [0.15, 0.2) is 0 Å². The Hall–Kier alpha value is -1.02. The van der Waals surface area contributed by atoms with Gasteiger partial charge in [-0.2, -0.15) is 0 Å². The molecule has 0 aromatic carbocycles. The molecule has 0 spiro atoms. The van der Waals surface area contributed by atoms with E-state index >= 15 is 0 Å². The second-order valence-corrected chi connectivity index (χ2v) is 2.80. The van der Waals surface area contributed by atoms with Crippen molar-refractivity contribution in [1.29, 1.82) is 0 Å². The maximum Gasteiger partial charge on any atom is 0.133 e. The first kappa shape index (κ1) is 6.68. The summed E-state index contributed by atoms with van der Waals surface area (Å²) < 4.78 is 5.39. The van der Waals surface area contributed by atoms with Crippen LogP contribution in [0.1, 0.15) is 11.1 Å². The second-order valence-electron chi connectivity index (χ2n) is 2.80. The first-order chi connectivity index (χ1) is 5.31. The first-order valence-corrected chi connectivity index (χ1v) is 3.73. The summed E-state index contributed by atoms with van der Waals surface area (Å²) in [6, 6.07) is 3.99. The molecular formula is C9H10O2. The fourth-order valence-corrected chi connectivity index (χ4v) is 1.44. The molecular weight excluding hydrogens is 140 g/mol. The van der Waals surface area contributed by atoms with Gasteiger partial charge in [0.05, 0.1) is 0 Å². The van der Waals surface area contributed by atoms with Crippen molar-refractivity contribution in [2.24, 2.45) is 0 Å². The van der Waals surface area contributed by atoms with E-state index in [1.165, 1.54) is 5.56 Å². The lowest BCUT2D eigenvalue weighted by atomic mass is 10.1. The van der Waals surface area contributed by atoms with E-state index in [9.17, 15) is 0 Å². The van der Waals surface area contributed by atoms with Crippen molar-refractivity contribution >= 4 is 11.2 Å². The Morgan fingerprint density at radius 2 is 2.27 bits per heavy atom. The summed E-state index contributed by atoms with van der Waals surface area (Å²) in [5.41, 5.74) is 4.17. The molecule has 0 unspecified atom stereocenters. The molecule has 0 aliphatic rings. The third-order valence-electron chi connectivity index (χ3n) is 1.93. The number of hydrogen-bond donors (Lipinski definition) is 1. The lowest BCUT2D eigenvalue weighted by Gasteiger charge is -1.93. The van der Waals surface area contributed by atoms with E-state index in [1.54, 1.807) is 0 Å². The molecule has 0 saturated carbocycles. The van der Waals surface area contributed by atoms with Crippen molar-refractivity contribution in [2.75, 3.05) is 6.61 Å². The number of aliphatic hydroxyl groups is 1. The highest BCUT2D eigenvalue weighted by molar-refractivity contribution is 5.70. The lowest BCUT2D eigenvalue weighted by Crippen LogP contribution is -1.89. The molecule has 0 aliphatic carbocycles. The van der Waals surface area contributed by atoms with E-state index in [0.717, 1.165) is 16.7 Å². The predicted octanol–water partition coefficient (Wildman–Crippen LogP) is 1.71. The van der Waals surface area contributed by atoms with Gasteiger partial charge in [-0.3, -0.25) is 0 Å². The zero-order valence-corrected chi connectivity index (χ0v) is 6.42. The van der Waals surface area contributed by atoms with E-state index in [1.807, 2.05) is 19.1 Å². The van der Waals surface area contributed by atoms with E-state index in [-0.39, 0.29) is 6.61 Å². The first-order valence-electron chi connectivity index (χ1n) is 3.73. The van der Waals surface area contributed by atoms with Crippen LogP contribution in [-0.4, -0.2) is 11.7 Å². The number of aliphatic hydroxyl groups excluding tert-OH is 1. The summed E-state index contributed by atoms with van der Waals surface area (Å²) in [6.45, 7) is 2.21. The van der Waals surface area contributed by atoms with Gasteiger partial charge in [-0.05, 0) is 31.0 Å². The van der Waals surface area contributed by atoms with Crippen LogP contribution in [0, 0.1) is 6.92 Å². The molecule has 2 bridgehead atoms. The fraction of sp³-hybridized carbons (Fsp3) is 0.333. The Kier molecular flexibility index (Phi) is 1.36. The van der Waals surface area contributed by atoms with Gasteiger partial charge in [-0.1, -0.05) is 0 Å². The monoisotopic (exact) mass is 150 g/mol. The molecule has 58 valence electrons. The summed E-state index contributed by atoms with van der Waals surface area (Å²) in [7, 11) is 0. The highest BCUT2D eigenvalue weighted by Crippen LogP contribution is 2.26. The van der Waals surface area contributed by atoms with Gasteiger partial charge in [-0.25, -0.2) is 0 Å². The maximum absolute atomic E-state index is 8.70. The average molecular weight is 150 g/mol. The van der Waals surface area contributed by atoms with Crippen LogP contribution in [0.15, 0.2) is 16.5 Å². The minimum absolute atomic E-state index is 0.194. The lowest BCUT2D eigenvalue weighted by molar-refractivity contribution is 0.300. The van der Waals surface area contributed by atoms with E-state index in [2.05, 4.69) is 0 Å². The van der Waals surface area contributed by atoms with E-state index in [0.29, 0.717) is 6.42 Å². The van der Waals surface area contributed by atoms with Gasteiger partial charge in [0.2, 0.25) is 0 Å². The Bertz CT molecular complexity index is 348. The molecule has 0 radical (unpaired) electrons. The molecule has 0 saturated heterocycles. The van der Waals surface area contributed by atoms with Crippen molar-refractivity contribution in [3.8, 4) is 0 Å². The molecule has 2 heterocycles. The van der Waals surface area contributed by atoms with Crippen LogP contribution in [-0.2, 0) is 6.42 Å². The average Bonchev–Trinajstić information content (AvgIpc) is 2.46. The summed E-state index contributed by atoms with van der Waals surface area (Å²) >= 11 is 0. The quantitative estimate of drug-likeness (QED) is 0.707. The SMILES string of the molecule is Cc1cc2cc(CCO)c1o2. The summed E-state index contributed by atoms with van der Waals surface area (Å²) in [5, 5.41) is 8.70. The molecule has 11 heavy (non-hydrogen) atoms. The van der Waals surface area contributed by atoms with E-state index in [4.69, 9.17) is 9.52 Å². The standard InChI is InChI=1S/C9H10O2/c1-6-4-8-5-7(2-3-10)9(6)11-8/h4-5,10H,2-3H2,1H3. The normalized spacial score (nSPS) is 11.5. The smallest absolute Gasteiger partial charge is 0.133 e. The van der Waals surface area contributed by atoms with Crippen molar-refractivity contribution in [2.45, 2.75) is 13.3 Å². The molecule has 0 amide bonds. The molecule has 1 N–H and O–H groups in total. The summed E-state index contributed by atoms with van der Waals surface area (Å²) in [5.74, 6) is 0. The van der Waals surface area contributed by atoms with Gasteiger partial charge in [-0.15, -0.1) is 0 Å². The molecule has 2 heteroatoms. The minimum atomic E-state index is 0.194. The Balaban J connectivity index is 2.49.